The van der Waals surface area contributed by atoms with Crippen LogP contribution in [0.3, 0.4) is 0 Å². The van der Waals surface area contributed by atoms with Gasteiger partial charge in [-0.25, -0.2) is 9.97 Å². The molecule has 0 unspecified atom stereocenters. The first kappa shape index (κ1) is 22.4. The second-order valence-corrected chi connectivity index (χ2v) is 8.59. The highest BCUT2D eigenvalue weighted by Crippen LogP contribution is 2.43. The molecule has 1 fully saturated rings. The lowest BCUT2D eigenvalue weighted by molar-refractivity contribution is -0.127. The molecule has 1 amide bonds. The van der Waals surface area contributed by atoms with Crippen molar-refractivity contribution in [2.24, 2.45) is 0 Å². The van der Waals surface area contributed by atoms with Crippen LogP contribution in [0.25, 0.3) is 22.0 Å². The predicted molar refractivity (Wildman–Crippen MR) is 130 cm³/mol. The van der Waals surface area contributed by atoms with Crippen LogP contribution in [0, 0.1) is 6.92 Å². The highest BCUT2D eigenvalue weighted by molar-refractivity contribution is 6.40. The number of methoxy groups -OCH3 is 1. The van der Waals surface area contributed by atoms with Crippen molar-refractivity contribution in [2.75, 3.05) is 25.5 Å². The number of nitrogens with zero attached hydrogens (tertiary/aromatic N) is 3. The third-order valence-electron chi connectivity index (χ3n) is 5.68. The van der Waals surface area contributed by atoms with Crippen molar-refractivity contribution >= 4 is 46.0 Å². The van der Waals surface area contributed by atoms with Crippen molar-refractivity contribution in [3.63, 3.8) is 0 Å². The molecule has 4 rings (SSSR count). The van der Waals surface area contributed by atoms with E-state index in [1.807, 2.05) is 31.2 Å². The fourth-order valence-corrected chi connectivity index (χ4v) is 4.65. The number of nitrogens with one attached hydrogen (secondary N) is 1. The van der Waals surface area contributed by atoms with Gasteiger partial charge in [-0.3, -0.25) is 4.79 Å². The zero-order valence-electron chi connectivity index (χ0n) is 18.0. The van der Waals surface area contributed by atoms with Gasteiger partial charge in [0.25, 0.3) is 0 Å². The number of hydrogen-bond acceptors (Lipinski definition) is 5. The van der Waals surface area contributed by atoms with Crippen LogP contribution >= 0.6 is 23.2 Å². The van der Waals surface area contributed by atoms with Gasteiger partial charge in [0.15, 0.2) is 0 Å². The third-order valence-corrected chi connectivity index (χ3v) is 6.54. The molecule has 2 aromatic carbocycles. The minimum Gasteiger partial charge on any atom is -0.495 e. The summed E-state index contributed by atoms with van der Waals surface area (Å²) in [5.74, 6) is 1.07. The number of benzene rings is 2. The van der Waals surface area contributed by atoms with Crippen LogP contribution in [0.2, 0.25) is 10.0 Å². The predicted octanol–water partition coefficient (Wildman–Crippen LogP) is 5.51. The molecule has 3 aromatic rings. The summed E-state index contributed by atoms with van der Waals surface area (Å²) >= 11 is 13.1. The van der Waals surface area contributed by atoms with Crippen molar-refractivity contribution in [3.8, 4) is 16.9 Å². The first-order chi connectivity index (χ1) is 15.4. The van der Waals surface area contributed by atoms with E-state index >= 15 is 0 Å². The summed E-state index contributed by atoms with van der Waals surface area (Å²) in [6.45, 7) is 6.85. The van der Waals surface area contributed by atoms with Gasteiger partial charge in [-0.15, -0.1) is 0 Å². The maximum absolute atomic E-state index is 11.9. The summed E-state index contributed by atoms with van der Waals surface area (Å²) in [7, 11) is 1.58. The van der Waals surface area contributed by atoms with Gasteiger partial charge in [0, 0.05) is 36.3 Å². The zero-order chi connectivity index (χ0) is 22.8. The topological polar surface area (TPSA) is 67.4 Å². The van der Waals surface area contributed by atoms with Gasteiger partial charge in [0.05, 0.1) is 22.7 Å². The summed E-state index contributed by atoms with van der Waals surface area (Å²) in [6.07, 6.45) is 5.01. The first-order valence-electron chi connectivity index (χ1n) is 10.4. The average Bonchev–Trinajstić information content (AvgIpc) is 2.81. The minimum absolute atomic E-state index is 0.0476. The summed E-state index contributed by atoms with van der Waals surface area (Å²) in [5.41, 5.74) is 3.27. The fraction of sp³-hybridized carbons (Fsp3) is 0.292. The molecule has 166 valence electrons. The molecule has 1 aromatic heterocycles. The lowest BCUT2D eigenvalue weighted by Crippen LogP contribution is -2.44. The van der Waals surface area contributed by atoms with Crippen LogP contribution in [-0.2, 0) is 4.79 Å². The van der Waals surface area contributed by atoms with Crippen molar-refractivity contribution in [2.45, 2.75) is 25.8 Å². The van der Waals surface area contributed by atoms with Gasteiger partial charge >= 0.3 is 0 Å². The molecule has 0 radical (unpaired) electrons. The quantitative estimate of drug-likeness (QED) is 0.497. The van der Waals surface area contributed by atoms with Crippen LogP contribution in [0.5, 0.6) is 5.75 Å². The lowest BCUT2D eigenvalue weighted by atomic mass is 10.0. The van der Waals surface area contributed by atoms with E-state index in [0.29, 0.717) is 28.3 Å². The number of hydrogen-bond donors (Lipinski definition) is 1. The van der Waals surface area contributed by atoms with Crippen molar-refractivity contribution in [3.05, 3.63) is 58.7 Å². The second-order valence-electron chi connectivity index (χ2n) is 7.84. The van der Waals surface area contributed by atoms with Crippen molar-refractivity contribution in [1.29, 1.82) is 0 Å². The summed E-state index contributed by atoms with van der Waals surface area (Å²) in [6, 6.07) is 7.76. The van der Waals surface area contributed by atoms with Crippen molar-refractivity contribution < 1.29 is 9.53 Å². The van der Waals surface area contributed by atoms with Crippen molar-refractivity contribution in [1.82, 2.24) is 14.9 Å². The number of halogens is 2. The Hall–Kier alpha value is -2.83. The molecule has 1 atom stereocenters. The lowest BCUT2D eigenvalue weighted by Gasteiger charge is -2.32. The number of amides is 1. The normalized spacial score (nSPS) is 16.1. The van der Waals surface area contributed by atoms with Crippen LogP contribution in [0.15, 0.2) is 43.1 Å². The molecule has 0 saturated carbocycles. The Labute approximate surface area is 197 Å². The molecular weight excluding hydrogens is 447 g/mol. The average molecular weight is 471 g/mol. The van der Waals surface area contributed by atoms with Gasteiger partial charge in [-0.05, 0) is 55.2 Å². The molecule has 1 N–H and O–H groups in total. The molecule has 0 bridgehead atoms. The van der Waals surface area contributed by atoms with Gasteiger partial charge in [-0.1, -0.05) is 35.8 Å². The molecule has 2 heterocycles. The number of likely N-dealkylation sites (tertiary alicyclic amines) is 1. The van der Waals surface area contributed by atoms with E-state index in [1.54, 1.807) is 18.2 Å². The number of anilines is 1. The maximum atomic E-state index is 11.9. The SMILES string of the molecule is C=CC(=O)N1CCC[C@@H](Nc2ncc3cc(-c4c(Cl)c(C)cc(OC)c4Cl)ccc3n2)C1. The number of carbonyl (C=O) groups is 1. The van der Waals surface area contributed by atoms with Crippen LogP contribution in [0.4, 0.5) is 5.95 Å². The highest BCUT2D eigenvalue weighted by atomic mass is 35.5. The summed E-state index contributed by atoms with van der Waals surface area (Å²) in [4.78, 5) is 22.9. The van der Waals surface area contributed by atoms with Crippen LogP contribution < -0.4 is 10.1 Å². The van der Waals surface area contributed by atoms with E-state index < -0.39 is 0 Å². The molecule has 8 heteroatoms. The Morgan fingerprint density at radius 2 is 2.12 bits per heavy atom. The second kappa shape index (κ2) is 9.35. The number of fused-ring (bicyclic) bond motifs is 1. The number of rotatable bonds is 5. The summed E-state index contributed by atoms with van der Waals surface area (Å²) < 4.78 is 5.39. The Morgan fingerprint density at radius 3 is 2.88 bits per heavy atom. The molecular formula is C24H24Cl2N4O2. The Morgan fingerprint density at radius 1 is 1.31 bits per heavy atom. The Bertz CT molecular complexity index is 1200. The smallest absolute Gasteiger partial charge is 0.246 e. The van der Waals surface area contributed by atoms with E-state index in [9.17, 15) is 4.79 Å². The molecule has 32 heavy (non-hydrogen) atoms. The van der Waals surface area contributed by atoms with E-state index in [4.69, 9.17) is 27.9 Å². The Kier molecular flexibility index (Phi) is 6.53. The number of ether oxygens (including phenoxy) is 1. The molecule has 0 aliphatic carbocycles. The standard InChI is InChI=1S/C24H24Cl2N4O2/c1-4-20(31)30-9-5-6-17(13-30)28-24-27-12-16-11-15(7-8-18(16)29-24)21-22(25)14(2)10-19(32-3)23(21)26/h4,7-8,10-12,17H,1,5-6,9,13H2,2-3H3,(H,27,28,29)/t17-/m1/s1. The van der Waals surface area contributed by atoms with E-state index in [-0.39, 0.29) is 11.9 Å². The zero-order valence-corrected chi connectivity index (χ0v) is 19.5. The number of aryl methyl sites for hydroxylation is 1. The largest absolute Gasteiger partial charge is 0.495 e. The number of aromatic nitrogens is 2. The number of piperidine rings is 1. The third kappa shape index (κ3) is 4.38. The van der Waals surface area contributed by atoms with E-state index in [2.05, 4.69) is 21.9 Å². The first-order valence-corrected chi connectivity index (χ1v) is 11.1. The van der Waals surface area contributed by atoms with E-state index in [0.717, 1.165) is 47.0 Å². The molecule has 1 saturated heterocycles. The Balaban J connectivity index is 1.61. The van der Waals surface area contributed by atoms with Crippen LogP contribution in [0.1, 0.15) is 18.4 Å². The highest BCUT2D eigenvalue weighted by Gasteiger charge is 2.23. The van der Waals surface area contributed by atoms with Gasteiger partial charge in [0.2, 0.25) is 11.9 Å². The van der Waals surface area contributed by atoms with Gasteiger partial charge in [0.1, 0.15) is 5.75 Å². The summed E-state index contributed by atoms with van der Waals surface area (Å²) in [5, 5.41) is 5.29. The fourth-order valence-electron chi connectivity index (χ4n) is 4.01. The minimum atomic E-state index is -0.0476. The monoisotopic (exact) mass is 470 g/mol. The molecule has 6 nitrogen and oxygen atoms in total. The van der Waals surface area contributed by atoms with Crippen LogP contribution in [-0.4, -0.2) is 47.0 Å². The van der Waals surface area contributed by atoms with Gasteiger partial charge < -0.3 is 15.0 Å². The number of carbonyl (C=O) groups excluding carboxylic acids is 1. The van der Waals surface area contributed by atoms with E-state index in [1.165, 1.54) is 6.08 Å². The molecule has 1 aliphatic rings. The maximum Gasteiger partial charge on any atom is 0.246 e. The molecule has 0 spiro atoms. The molecule has 1 aliphatic heterocycles. The van der Waals surface area contributed by atoms with Gasteiger partial charge in [-0.2, -0.15) is 0 Å².